The van der Waals surface area contributed by atoms with Crippen molar-refractivity contribution in [3.8, 4) is 5.75 Å². The van der Waals surface area contributed by atoms with Gasteiger partial charge < -0.3 is 15.4 Å². The summed E-state index contributed by atoms with van der Waals surface area (Å²) in [5, 5.41) is 5.53. The minimum Gasteiger partial charge on any atom is -0.495 e. The van der Waals surface area contributed by atoms with Crippen LogP contribution in [0.1, 0.15) is 12.8 Å². The molecule has 0 aliphatic carbocycles. The van der Waals surface area contributed by atoms with E-state index in [0.717, 1.165) is 0 Å². The van der Waals surface area contributed by atoms with Crippen LogP contribution in [0.3, 0.4) is 0 Å². The van der Waals surface area contributed by atoms with Gasteiger partial charge in [0.1, 0.15) is 5.75 Å². The molecule has 1 fully saturated rings. The normalized spacial score (nSPS) is 18.9. The number of anilines is 1. The zero-order valence-corrected chi connectivity index (χ0v) is 10.2. The molecule has 0 bridgehead atoms. The molecule has 1 heterocycles. The number of ether oxygens (including phenoxy) is 1. The van der Waals surface area contributed by atoms with E-state index in [4.69, 9.17) is 4.74 Å². The molecule has 1 atom stereocenters. The number of rotatable bonds is 3. The molecule has 1 aliphatic heterocycles. The standard InChI is InChI=1S/C13H16N2O3/c1-18-11-5-3-2-4-10(11)15-13(17)9-6-7-12(16)14-8-9/h2-5,9H,6-8H2,1H3,(H,14,16)(H,15,17). The summed E-state index contributed by atoms with van der Waals surface area (Å²) in [5.41, 5.74) is 0.655. The summed E-state index contributed by atoms with van der Waals surface area (Å²) in [7, 11) is 1.56. The molecule has 96 valence electrons. The maximum absolute atomic E-state index is 12.0. The second kappa shape index (κ2) is 5.53. The van der Waals surface area contributed by atoms with E-state index in [1.807, 2.05) is 12.1 Å². The van der Waals surface area contributed by atoms with Crippen LogP contribution in [0, 0.1) is 5.92 Å². The van der Waals surface area contributed by atoms with Crippen LogP contribution in [0.15, 0.2) is 24.3 Å². The van der Waals surface area contributed by atoms with E-state index in [9.17, 15) is 9.59 Å². The van der Waals surface area contributed by atoms with Gasteiger partial charge in [0.15, 0.2) is 0 Å². The van der Waals surface area contributed by atoms with Crippen molar-refractivity contribution in [3.05, 3.63) is 24.3 Å². The lowest BCUT2D eigenvalue weighted by Gasteiger charge is -2.22. The molecule has 0 aromatic heterocycles. The second-order valence-corrected chi connectivity index (χ2v) is 4.23. The van der Waals surface area contributed by atoms with Crippen LogP contribution in [0.5, 0.6) is 5.75 Å². The van der Waals surface area contributed by atoms with Gasteiger partial charge >= 0.3 is 0 Å². The maximum atomic E-state index is 12.0. The number of methoxy groups -OCH3 is 1. The smallest absolute Gasteiger partial charge is 0.229 e. The van der Waals surface area contributed by atoms with Crippen LogP contribution < -0.4 is 15.4 Å². The van der Waals surface area contributed by atoms with Gasteiger partial charge in [-0.25, -0.2) is 0 Å². The number of carbonyl (C=O) groups is 2. The zero-order valence-electron chi connectivity index (χ0n) is 10.2. The Morgan fingerprint density at radius 3 is 2.89 bits per heavy atom. The van der Waals surface area contributed by atoms with Crippen molar-refractivity contribution in [3.63, 3.8) is 0 Å². The molecule has 2 amide bonds. The monoisotopic (exact) mass is 248 g/mol. The lowest BCUT2D eigenvalue weighted by Crippen LogP contribution is -2.40. The first-order valence-electron chi connectivity index (χ1n) is 5.91. The van der Waals surface area contributed by atoms with Gasteiger partial charge in [0, 0.05) is 13.0 Å². The molecule has 5 nitrogen and oxygen atoms in total. The van der Waals surface area contributed by atoms with Crippen molar-refractivity contribution >= 4 is 17.5 Å². The van der Waals surface area contributed by atoms with Crippen LogP contribution in [-0.4, -0.2) is 25.5 Å². The summed E-state index contributed by atoms with van der Waals surface area (Å²) < 4.78 is 5.17. The summed E-state index contributed by atoms with van der Waals surface area (Å²) in [6, 6.07) is 7.26. The molecule has 5 heteroatoms. The third-order valence-electron chi connectivity index (χ3n) is 3.00. The predicted octanol–water partition coefficient (Wildman–Crippen LogP) is 1.16. The molecule has 0 saturated carbocycles. The number of nitrogens with one attached hydrogen (secondary N) is 2. The highest BCUT2D eigenvalue weighted by molar-refractivity contribution is 5.95. The molecule has 2 N–H and O–H groups in total. The number of amides is 2. The average Bonchev–Trinajstić information content (AvgIpc) is 2.40. The van der Waals surface area contributed by atoms with Gasteiger partial charge in [0.2, 0.25) is 11.8 Å². The van der Waals surface area contributed by atoms with E-state index >= 15 is 0 Å². The van der Waals surface area contributed by atoms with Gasteiger partial charge in [0.25, 0.3) is 0 Å². The van der Waals surface area contributed by atoms with Crippen molar-refractivity contribution in [2.75, 3.05) is 19.0 Å². The van der Waals surface area contributed by atoms with Crippen LogP contribution >= 0.6 is 0 Å². The Bertz CT molecular complexity index is 449. The maximum Gasteiger partial charge on any atom is 0.229 e. The van der Waals surface area contributed by atoms with E-state index < -0.39 is 0 Å². The number of piperidine rings is 1. The predicted molar refractivity (Wildman–Crippen MR) is 67.4 cm³/mol. The minimum atomic E-state index is -0.174. The Balaban J connectivity index is 2.00. The van der Waals surface area contributed by atoms with Gasteiger partial charge in [-0.3, -0.25) is 9.59 Å². The van der Waals surface area contributed by atoms with Crippen molar-refractivity contribution in [2.45, 2.75) is 12.8 Å². The first-order valence-corrected chi connectivity index (χ1v) is 5.91. The van der Waals surface area contributed by atoms with Crippen molar-refractivity contribution in [1.29, 1.82) is 0 Å². The molecule has 18 heavy (non-hydrogen) atoms. The fourth-order valence-corrected chi connectivity index (χ4v) is 1.94. The number of benzene rings is 1. The lowest BCUT2D eigenvalue weighted by atomic mass is 9.98. The fourth-order valence-electron chi connectivity index (χ4n) is 1.94. The highest BCUT2D eigenvalue weighted by Gasteiger charge is 2.24. The molecule has 1 unspecified atom stereocenters. The van der Waals surface area contributed by atoms with Crippen LogP contribution in [-0.2, 0) is 9.59 Å². The quantitative estimate of drug-likeness (QED) is 0.843. The third-order valence-corrected chi connectivity index (χ3v) is 3.00. The molecule has 1 aromatic rings. The topological polar surface area (TPSA) is 67.4 Å². The van der Waals surface area contributed by atoms with E-state index in [-0.39, 0.29) is 17.7 Å². The molecule has 0 spiro atoms. The highest BCUT2D eigenvalue weighted by atomic mass is 16.5. The van der Waals surface area contributed by atoms with Crippen molar-refractivity contribution in [2.24, 2.45) is 5.92 Å². The van der Waals surface area contributed by atoms with Crippen molar-refractivity contribution < 1.29 is 14.3 Å². The number of carbonyl (C=O) groups excluding carboxylic acids is 2. The summed E-state index contributed by atoms with van der Waals surface area (Å²) in [6.45, 7) is 0.403. The van der Waals surface area contributed by atoms with E-state index in [1.54, 1.807) is 19.2 Å². The molecular weight excluding hydrogens is 232 g/mol. The van der Waals surface area contributed by atoms with Gasteiger partial charge in [-0.2, -0.15) is 0 Å². The summed E-state index contributed by atoms with van der Waals surface area (Å²) >= 11 is 0. The molecule has 2 rings (SSSR count). The fraction of sp³-hybridized carbons (Fsp3) is 0.385. The Morgan fingerprint density at radius 1 is 1.44 bits per heavy atom. The number of hydrogen-bond acceptors (Lipinski definition) is 3. The third kappa shape index (κ3) is 2.80. The summed E-state index contributed by atoms with van der Waals surface area (Å²) in [4.78, 5) is 23.1. The van der Waals surface area contributed by atoms with Crippen LogP contribution in [0.4, 0.5) is 5.69 Å². The molecule has 1 aromatic carbocycles. The van der Waals surface area contributed by atoms with Gasteiger partial charge in [-0.1, -0.05) is 12.1 Å². The zero-order chi connectivity index (χ0) is 13.0. The van der Waals surface area contributed by atoms with Gasteiger partial charge in [-0.05, 0) is 18.6 Å². The Kier molecular flexibility index (Phi) is 3.82. The molecular formula is C13H16N2O3. The van der Waals surface area contributed by atoms with E-state index in [2.05, 4.69) is 10.6 Å². The van der Waals surface area contributed by atoms with Crippen LogP contribution in [0.25, 0.3) is 0 Å². The Morgan fingerprint density at radius 2 is 2.22 bits per heavy atom. The Hall–Kier alpha value is -2.04. The Labute approximate surface area is 106 Å². The first kappa shape index (κ1) is 12.4. The largest absolute Gasteiger partial charge is 0.495 e. The van der Waals surface area contributed by atoms with E-state index in [0.29, 0.717) is 30.8 Å². The van der Waals surface area contributed by atoms with Crippen LogP contribution in [0.2, 0.25) is 0 Å². The number of hydrogen-bond donors (Lipinski definition) is 2. The highest BCUT2D eigenvalue weighted by Crippen LogP contribution is 2.24. The van der Waals surface area contributed by atoms with Gasteiger partial charge in [0.05, 0.1) is 18.7 Å². The molecule has 1 saturated heterocycles. The van der Waals surface area contributed by atoms with E-state index in [1.165, 1.54) is 0 Å². The SMILES string of the molecule is COc1ccccc1NC(=O)C1CCC(=O)NC1. The summed E-state index contributed by atoms with van der Waals surface area (Å²) in [5.74, 6) is 0.383. The van der Waals surface area contributed by atoms with Crippen molar-refractivity contribution in [1.82, 2.24) is 5.32 Å². The number of para-hydroxylation sites is 2. The second-order valence-electron chi connectivity index (χ2n) is 4.23. The summed E-state index contributed by atoms with van der Waals surface area (Å²) in [6.07, 6.45) is 0.997. The molecule has 0 radical (unpaired) electrons. The average molecular weight is 248 g/mol. The first-order chi connectivity index (χ1) is 8.70. The minimum absolute atomic E-state index is 0.0105. The van der Waals surface area contributed by atoms with Gasteiger partial charge in [-0.15, -0.1) is 0 Å². The lowest BCUT2D eigenvalue weighted by molar-refractivity contribution is -0.126. The molecule has 1 aliphatic rings.